The molecule has 2 fully saturated rings. The molecule has 2 aliphatic carbocycles. The second-order valence-electron chi connectivity index (χ2n) is 7.05. The van der Waals surface area contributed by atoms with E-state index in [-0.39, 0.29) is 17.5 Å². The van der Waals surface area contributed by atoms with Gasteiger partial charge in [-0.1, -0.05) is 40.5 Å². The molecule has 2 saturated carbocycles. The molecule has 0 saturated heterocycles. The fraction of sp³-hybridized carbons (Fsp3) is 0.938. The molecule has 0 unspecified atom stereocenters. The predicted molar refractivity (Wildman–Crippen MR) is 73.3 cm³/mol. The average molecular weight is 252 g/mol. The molecular weight excluding hydrogens is 224 g/mol. The van der Waals surface area contributed by atoms with Crippen LogP contribution in [0, 0.1) is 16.7 Å². The molecule has 18 heavy (non-hydrogen) atoms. The first-order valence-corrected chi connectivity index (χ1v) is 7.61. The zero-order chi connectivity index (χ0) is 13.4. The second-order valence-corrected chi connectivity index (χ2v) is 7.05. The van der Waals surface area contributed by atoms with Crippen LogP contribution in [0.2, 0.25) is 0 Å². The van der Waals surface area contributed by atoms with Crippen molar-refractivity contribution in [2.45, 2.75) is 78.7 Å². The molecule has 0 aromatic rings. The third-order valence-corrected chi connectivity index (χ3v) is 5.97. The van der Waals surface area contributed by atoms with Crippen LogP contribution in [0.1, 0.15) is 72.6 Å². The summed E-state index contributed by atoms with van der Waals surface area (Å²) in [6, 6.07) is 0. The van der Waals surface area contributed by atoms with Crippen LogP contribution in [0.5, 0.6) is 0 Å². The Morgan fingerprint density at radius 1 is 1.28 bits per heavy atom. The van der Waals surface area contributed by atoms with Gasteiger partial charge in [-0.2, -0.15) is 0 Å². The zero-order valence-corrected chi connectivity index (χ0v) is 12.4. The third-order valence-electron chi connectivity index (χ3n) is 5.97. The molecule has 2 bridgehead atoms. The number of ether oxygens (including phenoxy) is 1. The molecule has 0 aromatic carbocycles. The highest BCUT2D eigenvalue weighted by Gasteiger charge is 2.62. The largest absolute Gasteiger partial charge is 0.462 e. The van der Waals surface area contributed by atoms with Crippen molar-refractivity contribution in [3.63, 3.8) is 0 Å². The highest BCUT2D eigenvalue weighted by Crippen LogP contribution is 2.66. The maximum Gasteiger partial charge on any atom is 0.306 e. The van der Waals surface area contributed by atoms with Crippen LogP contribution >= 0.6 is 0 Å². The molecule has 0 aromatic heterocycles. The van der Waals surface area contributed by atoms with E-state index in [9.17, 15) is 4.79 Å². The Bertz CT molecular complexity index is 321. The van der Waals surface area contributed by atoms with Gasteiger partial charge in [0.25, 0.3) is 0 Å². The second kappa shape index (κ2) is 4.86. The molecule has 0 spiro atoms. The Labute approximate surface area is 111 Å². The number of unbranched alkanes of at least 4 members (excludes halogenated alkanes) is 2. The van der Waals surface area contributed by atoms with Crippen molar-refractivity contribution in [3.05, 3.63) is 0 Å². The number of hydrogen-bond acceptors (Lipinski definition) is 2. The summed E-state index contributed by atoms with van der Waals surface area (Å²) in [7, 11) is 0. The van der Waals surface area contributed by atoms with Gasteiger partial charge in [0, 0.05) is 11.8 Å². The van der Waals surface area contributed by atoms with Crippen LogP contribution in [-0.2, 0) is 9.53 Å². The van der Waals surface area contributed by atoms with Gasteiger partial charge < -0.3 is 4.74 Å². The number of carbonyl (C=O) groups excluding carboxylic acids is 1. The number of rotatable bonds is 5. The predicted octanol–water partition coefficient (Wildman–Crippen LogP) is 4.32. The van der Waals surface area contributed by atoms with E-state index in [1.165, 1.54) is 12.8 Å². The van der Waals surface area contributed by atoms with Gasteiger partial charge in [0.05, 0.1) is 0 Å². The minimum Gasteiger partial charge on any atom is -0.462 e. The SMILES string of the molecule is CCCCCC(=O)O[C@@H]1C[C@H]2CC[C@@]1(C)C2(C)C. The molecule has 0 N–H and O–H groups in total. The summed E-state index contributed by atoms with van der Waals surface area (Å²) in [5.74, 6) is 0.772. The Morgan fingerprint density at radius 2 is 2.00 bits per heavy atom. The van der Waals surface area contributed by atoms with Crippen molar-refractivity contribution in [1.82, 2.24) is 0 Å². The minimum atomic E-state index is 0.0259. The molecule has 2 heteroatoms. The van der Waals surface area contributed by atoms with E-state index in [0.717, 1.165) is 31.6 Å². The lowest BCUT2D eigenvalue weighted by Gasteiger charge is -2.38. The summed E-state index contributed by atoms with van der Waals surface area (Å²) in [5, 5.41) is 0. The van der Waals surface area contributed by atoms with Gasteiger partial charge in [-0.25, -0.2) is 0 Å². The smallest absolute Gasteiger partial charge is 0.306 e. The van der Waals surface area contributed by atoms with Crippen LogP contribution in [0.3, 0.4) is 0 Å². The van der Waals surface area contributed by atoms with Crippen molar-refractivity contribution in [2.75, 3.05) is 0 Å². The summed E-state index contributed by atoms with van der Waals surface area (Å²) in [6.45, 7) is 9.19. The van der Waals surface area contributed by atoms with Crippen molar-refractivity contribution >= 4 is 5.97 Å². The molecule has 0 amide bonds. The number of carbonyl (C=O) groups is 1. The Balaban J connectivity index is 1.90. The average Bonchev–Trinajstić information content (AvgIpc) is 2.62. The van der Waals surface area contributed by atoms with Crippen LogP contribution in [-0.4, -0.2) is 12.1 Å². The minimum absolute atomic E-state index is 0.0259. The Morgan fingerprint density at radius 3 is 2.50 bits per heavy atom. The molecule has 2 aliphatic rings. The van der Waals surface area contributed by atoms with Gasteiger partial charge in [-0.15, -0.1) is 0 Å². The zero-order valence-electron chi connectivity index (χ0n) is 12.4. The van der Waals surface area contributed by atoms with E-state index in [4.69, 9.17) is 4.74 Å². The van der Waals surface area contributed by atoms with E-state index >= 15 is 0 Å². The van der Waals surface area contributed by atoms with Crippen LogP contribution in [0.4, 0.5) is 0 Å². The van der Waals surface area contributed by atoms with Gasteiger partial charge in [0.15, 0.2) is 0 Å². The fourth-order valence-electron chi connectivity index (χ4n) is 4.05. The highest BCUT2D eigenvalue weighted by atomic mass is 16.5. The fourth-order valence-corrected chi connectivity index (χ4v) is 4.05. The maximum atomic E-state index is 11.9. The lowest BCUT2D eigenvalue weighted by Crippen LogP contribution is -2.38. The summed E-state index contributed by atoms with van der Waals surface area (Å²) in [6.07, 6.45) is 7.65. The van der Waals surface area contributed by atoms with E-state index in [1.54, 1.807) is 0 Å². The first kappa shape index (κ1) is 13.9. The maximum absolute atomic E-state index is 11.9. The van der Waals surface area contributed by atoms with Gasteiger partial charge in [0.1, 0.15) is 6.10 Å². The summed E-state index contributed by atoms with van der Waals surface area (Å²) in [5.41, 5.74) is 0.541. The van der Waals surface area contributed by atoms with Gasteiger partial charge in [-0.05, 0) is 37.0 Å². The lowest BCUT2D eigenvalue weighted by molar-refractivity contribution is -0.157. The normalized spacial score (nSPS) is 36.9. The van der Waals surface area contributed by atoms with Crippen molar-refractivity contribution < 1.29 is 9.53 Å². The quantitative estimate of drug-likeness (QED) is 0.538. The lowest BCUT2D eigenvalue weighted by atomic mass is 9.70. The highest BCUT2D eigenvalue weighted by molar-refractivity contribution is 5.69. The number of hydrogen-bond donors (Lipinski definition) is 0. The van der Waals surface area contributed by atoms with Crippen molar-refractivity contribution in [1.29, 1.82) is 0 Å². The molecule has 104 valence electrons. The molecule has 3 atom stereocenters. The van der Waals surface area contributed by atoms with Gasteiger partial charge >= 0.3 is 5.97 Å². The summed E-state index contributed by atoms with van der Waals surface area (Å²) in [4.78, 5) is 11.9. The molecule has 2 rings (SSSR count). The molecule has 2 nitrogen and oxygen atoms in total. The van der Waals surface area contributed by atoms with E-state index in [0.29, 0.717) is 11.8 Å². The first-order valence-electron chi connectivity index (χ1n) is 7.61. The van der Waals surface area contributed by atoms with E-state index < -0.39 is 0 Å². The van der Waals surface area contributed by atoms with E-state index in [1.807, 2.05) is 0 Å². The van der Waals surface area contributed by atoms with Crippen LogP contribution < -0.4 is 0 Å². The standard InChI is InChI=1S/C16H28O2/c1-5-6-7-8-14(17)18-13-11-12-9-10-16(13,4)15(12,2)3/h12-13H,5-11H2,1-4H3/t12-,13-,16-/m1/s1. The van der Waals surface area contributed by atoms with Gasteiger partial charge in [0.2, 0.25) is 0 Å². The topological polar surface area (TPSA) is 26.3 Å². The van der Waals surface area contributed by atoms with Gasteiger partial charge in [-0.3, -0.25) is 4.79 Å². The van der Waals surface area contributed by atoms with Crippen molar-refractivity contribution in [2.24, 2.45) is 16.7 Å². The number of esters is 1. The monoisotopic (exact) mass is 252 g/mol. The Kier molecular flexibility index (Phi) is 3.75. The Hall–Kier alpha value is -0.530. The summed E-state index contributed by atoms with van der Waals surface area (Å²) < 4.78 is 5.79. The first-order chi connectivity index (χ1) is 8.41. The van der Waals surface area contributed by atoms with Crippen LogP contribution in [0.25, 0.3) is 0 Å². The summed E-state index contributed by atoms with van der Waals surface area (Å²) >= 11 is 0. The number of fused-ring (bicyclic) bond motifs is 2. The molecule has 0 radical (unpaired) electrons. The third kappa shape index (κ3) is 2.08. The molecule has 0 heterocycles. The van der Waals surface area contributed by atoms with Crippen LogP contribution in [0.15, 0.2) is 0 Å². The molecule has 0 aliphatic heterocycles. The van der Waals surface area contributed by atoms with E-state index in [2.05, 4.69) is 27.7 Å². The van der Waals surface area contributed by atoms with Crippen molar-refractivity contribution in [3.8, 4) is 0 Å². The molecular formula is C16H28O2.